The lowest BCUT2D eigenvalue weighted by Gasteiger charge is -2.26. The number of carbonyl (C=O) groups excluding carboxylic acids is 1. The van der Waals surface area contributed by atoms with E-state index in [4.69, 9.17) is 17.0 Å². The van der Waals surface area contributed by atoms with Crippen LogP contribution in [-0.2, 0) is 11.3 Å². The van der Waals surface area contributed by atoms with Gasteiger partial charge in [0.15, 0.2) is 0 Å². The first-order valence-electron chi connectivity index (χ1n) is 7.82. The van der Waals surface area contributed by atoms with Crippen LogP contribution in [0.2, 0.25) is 0 Å². The topological polar surface area (TPSA) is 50.4 Å². The van der Waals surface area contributed by atoms with Gasteiger partial charge >= 0.3 is 6.09 Å². The first-order chi connectivity index (χ1) is 10.6. The summed E-state index contributed by atoms with van der Waals surface area (Å²) >= 11 is 5.57. The Hall–Kier alpha value is -1.46. The quantitative estimate of drug-likeness (QED) is 0.791. The van der Waals surface area contributed by atoms with E-state index in [0.29, 0.717) is 0 Å². The highest BCUT2D eigenvalue weighted by Gasteiger charge is 2.29. The van der Waals surface area contributed by atoms with Gasteiger partial charge in [-0.15, -0.1) is 0 Å². The van der Waals surface area contributed by atoms with Crippen molar-refractivity contribution < 1.29 is 9.53 Å². The molecule has 0 bridgehead atoms. The number of hydrogen-bond acceptors (Lipinski definition) is 4. The van der Waals surface area contributed by atoms with Crippen molar-refractivity contribution in [3.63, 3.8) is 0 Å². The van der Waals surface area contributed by atoms with E-state index in [9.17, 15) is 4.79 Å². The van der Waals surface area contributed by atoms with Crippen LogP contribution in [0.25, 0.3) is 0 Å². The van der Waals surface area contributed by atoms with Crippen molar-refractivity contribution in [1.82, 2.24) is 10.6 Å². The molecule has 0 radical (unpaired) electrons. The zero-order valence-corrected chi connectivity index (χ0v) is 14.0. The molecule has 1 fully saturated rings. The van der Waals surface area contributed by atoms with Gasteiger partial charge in [0.05, 0.1) is 6.04 Å². The molecule has 2 rings (SSSR count). The number of alkyl carbamates (subject to hydrolysis) is 1. The van der Waals surface area contributed by atoms with E-state index in [1.165, 1.54) is 0 Å². The van der Waals surface area contributed by atoms with E-state index in [-0.39, 0.29) is 24.6 Å². The minimum atomic E-state index is -0.414. The summed E-state index contributed by atoms with van der Waals surface area (Å²) in [6, 6.07) is 9.72. The van der Waals surface area contributed by atoms with Crippen molar-refractivity contribution in [2.75, 3.05) is 6.54 Å². The van der Waals surface area contributed by atoms with E-state index in [2.05, 4.69) is 24.5 Å². The Bertz CT molecular complexity index is 499. The van der Waals surface area contributed by atoms with Gasteiger partial charge in [0.25, 0.3) is 0 Å². The highest BCUT2D eigenvalue weighted by atomic mass is 32.1. The molecule has 1 aromatic carbocycles. The molecule has 2 N–H and O–H groups in total. The molecule has 0 aromatic heterocycles. The Morgan fingerprint density at radius 1 is 1.41 bits per heavy atom. The fourth-order valence-electron chi connectivity index (χ4n) is 2.60. The molecule has 1 saturated heterocycles. The summed E-state index contributed by atoms with van der Waals surface area (Å²) in [5.74, 6) is 0.235. The fourth-order valence-corrected chi connectivity index (χ4v) is 3.13. The standard InChI is InChI=1S/C17H24N2O2S/c1-12(2)15(16(22)14-9-6-10-18-14)19-17(20)21-11-13-7-4-3-5-8-13/h3-5,7-8,12,14-15,18H,6,9-11H2,1-2H3,(H,19,20)/t14-,15?/m1/s1. The Morgan fingerprint density at radius 3 is 2.73 bits per heavy atom. The molecular formula is C17H24N2O2S. The Morgan fingerprint density at radius 2 is 2.14 bits per heavy atom. The number of thiocarbonyl (C=S) groups is 1. The van der Waals surface area contributed by atoms with Gasteiger partial charge in [-0.05, 0) is 30.9 Å². The molecule has 120 valence electrons. The van der Waals surface area contributed by atoms with Gasteiger partial charge in [-0.2, -0.15) is 0 Å². The number of ether oxygens (including phenoxy) is 1. The molecule has 22 heavy (non-hydrogen) atoms. The lowest BCUT2D eigenvalue weighted by Crippen LogP contribution is -2.49. The molecule has 1 aliphatic heterocycles. The average molecular weight is 320 g/mol. The maximum Gasteiger partial charge on any atom is 0.407 e. The molecule has 0 spiro atoms. The maximum atomic E-state index is 12.0. The van der Waals surface area contributed by atoms with Gasteiger partial charge in [-0.1, -0.05) is 56.4 Å². The first kappa shape index (κ1) is 16.9. The second kappa shape index (κ2) is 8.25. The summed E-state index contributed by atoms with van der Waals surface area (Å²) in [7, 11) is 0. The molecular weight excluding hydrogens is 296 g/mol. The Labute approximate surface area is 137 Å². The van der Waals surface area contributed by atoms with E-state index >= 15 is 0 Å². The summed E-state index contributed by atoms with van der Waals surface area (Å²) < 4.78 is 5.29. The van der Waals surface area contributed by atoms with Gasteiger partial charge in [-0.25, -0.2) is 4.79 Å². The van der Waals surface area contributed by atoms with Crippen molar-refractivity contribution in [2.45, 2.75) is 45.4 Å². The largest absolute Gasteiger partial charge is 0.445 e. The van der Waals surface area contributed by atoms with Gasteiger partial charge in [-0.3, -0.25) is 0 Å². The van der Waals surface area contributed by atoms with Gasteiger partial charge in [0, 0.05) is 10.9 Å². The zero-order chi connectivity index (χ0) is 15.9. The monoisotopic (exact) mass is 320 g/mol. The van der Waals surface area contributed by atoms with Crippen LogP contribution < -0.4 is 10.6 Å². The van der Waals surface area contributed by atoms with Crippen molar-refractivity contribution in [2.24, 2.45) is 5.92 Å². The van der Waals surface area contributed by atoms with Crippen LogP contribution >= 0.6 is 12.2 Å². The molecule has 1 aromatic rings. The molecule has 0 aliphatic carbocycles. The smallest absolute Gasteiger partial charge is 0.407 e. The van der Waals surface area contributed by atoms with Crippen molar-refractivity contribution >= 4 is 23.2 Å². The zero-order valence-electron chi connectivity index (χ0n) is 13.2. The van der Waals surface area contributed by atoms with Crippen LogP contribution in [-0.4, -0.2) is 29.6 Å². The molecule has 0 saturated carbocycles. The van der Waals surface area contributed by atoms with Crippen LogP contribution in [0.3, 0.4) is 0 Å². The normalized spacial score (nSPS) is 19.0. The van der Waals surface area contributed by atoms with E-state index in [0.717, 1.165) is 29.8 Å². The summed E-state index contributed by atoms with van der Waals surface area (Å²) in [5.41, 5.74) is 0.971. The summed E-state index contributed by atoms with van der Waals surface area (Å²) in [5, 5.41) is 6.31. The van der Waals surface area contributed by atoms with Gasteiger partial charge in [0.1, 0.15) is 6.61 Å². The molecule has 5 heteroatoms. The van der Waals surface area contributed by atoms with Crippen LogP contribution in [0.4, 0.5) is 4.79 Å². The van der Waals surface area contributed by atoms with Crippen LogP contribution in [0, 0.1) is 5.92 Å². The minimum Gasteiger partial charge on any atom is -0.445 e. The third-order valence-electron chi connectivity index (χ3n) is 3.86. The molecule has 1 amide bonds. The number of carbonyl (C=O) groups is 1. The fraction of sp³-hybridized carbons (Fsp3) is 0.529. The third kappa shape index (κ3) is 4.78. The highest BCUT2D eigenvalue weighted by molar-refractivity contribution is 7.80. The maximum absolute atomic E-state index is 12.0. The van der Waals surface area contributed by atoms with Crippen molar-refractivity contribution in [3.05, 3.63) is 35.9 Å². The van der Waals surface area contributed by atoms with E-state index in [1.807, 2.05) is 30.3 Å². The third-order valence-corrected chi connectivity index (χ3v) is 4.40. The van der Waals surface area contributed by atoms with Gasteiger partial charge in [0.2, 0.25) is 0 Å². The highest BCUT2D eigenvalue weighted by Crippen LogP contribution is 2.14. The number of hydrogen-bond donors (Lipinski definition) is 2. The lowest BCUT2D eigenvalue weighted by molar-refractivity contribution is 0.136. The molecule has 1 heterocycles. The predicted molar refractivity (Wildman–Crippen MR) is 92.0 cm³/mol. The van der Waals surface area contributed by atoms with Crippen LogP contribution in [0.5, 0.6) is 0 Å². The SMILES string of the molecule is CC(C)C(NC(=O)OCc1ccccc1)C(=S)[C@H]1CCCN1. The second-order valence-electron chi connectivity index (χ2n) is 5.98. The van der Waals surface area contributed by atoms with E-state index < -0.39 is 6.09 Å². The number of amides is 1. The van der Waals surface area contributed by atoms with Crippen LogP contribution in [0.15, 0.2) is 30.3 Å². The second-order valence-corrected chi connectivity index (χ2v) is 6.45. The summed E-state index contributed by atoms with van der Waals surface area (Å²) in [6.45, 7) is 5.38. The average Bonchev–Trinajstić information content (AvgIpc) is 3.05. The Balaban J connectivity index is 1.87. The summed E-state index contributed by atoms with van der Waals surface area (Å²) in [6.07, 6.45) is 1.76. The van der Waals surface area contributed by atoms with Crippen LogP contribution in [0.1, 0.15) is 32.3 Å². The number of rotatable bonds is 6. The molecule has 4 nitrogen and oxygen atoms in total. The van der Waals surface area contributed by atoms with Crippen molar-refractivity contribution in [3.8, 4) is 0 Å². The number of nitrogens with one attached hydrogen (secondary N) is 2. The molecule has 2 atom stereocenters. The predicted octanol–water partition coefficient (Wildman–Crippen LogP) is 3.06. The van der Waals surface area contributed by atoms with Crippen molar-refractivity contribution in [1.29, 1.82) is 0 Å². The first-order valence-corrected chi connectivity index (χ1v) is 8.23. The number of benzene rings is 1. The van der Waals surface area contributed by atoms with E-state index in [1.54, 1.807) is 0 Å². The molecule has 1 unspecified atom stereocenters. The minimum absolute atomic E-state index is 0.145. The Kier molecular flexibility index (Phi) is 6.34. The van der Waals surface area contributed by atoms with Gasteiger partial charge < -0.3 is 15.4 Å². The lowest BCUT2D eigenvalue weighted by atomic mass is 9.96. The summed E-state index contributed by atoms with van der Waals surface area (Å²) in [4.78, 5) is 12.9. The molecule has 1 aliphatic rings.